The zero-order valence-electron chi connectivity index (χ0n) is 12.3. The maximum absolute atomic E-state index is 6.46. The van der Waals surface area contributed by atoms with Crippen LogP contribution in [0.4, 0.5) is 0 Å². The number of benzene rings is 1. The van der Waals surface area contributed by atoms with Crippen LogP contribution in [0.15, 0.2) is 35.9 Å². The molecule has 0 aliphatic rings. The van der Waals surface area contributed by atoms with E-state index in [1.807, 2.05) is 0 Å². The molecule has 0 saturated heterocycles. The van der Waals surface area contributed by atoms with Crippen molar-refractivity contribution >= 4 is 29.8 Å². The molecule has 0 aliphatic carbocycles. The van der Waals surface area contributed by atoms with Crippen molar-refractivity contribution in [2.24, 2.45) is 0 Å². The third-order valence-electron chi connectivity index (χ3n) is 3.17. The molecule has 0 heterocycles. The topological polar surface area (TPSA) is 3.24 Å². The molecule has 0 N–H and O–H groups in total. The van der Waals surface area contributed by atoms with Gasteiger partial charge in [-0.3, -0.25) is 0 Å². The van der Waals surface area contributed by atoms with Crippen LogP contribution in [0, 0.1) is 0 Å². The second-order valence-electron chi connectivity index (χ2n) is 5.55. The first kappa shape index (κ1) is 15.7. The van der Waals surface area contributed by atoms with Crippen molar-refractivity contribution in [3.05, 3.63) is 41.5 Å². The normalized spacial score (nSPS) is 13.2. The van der Waals surface area contributed by atoms with Crippen molar-refractivity contribution in [2.45, 2.75) is 28.7 Å². The van der Waals surface area contributed by atoms with Crippen molar-refractivity contribution < 1.29 is 0 Å². The predicted molar refractivity (Wildman–Crippen MR) is 85.4 cm³/mol. The molecule has 0 fully saturated rings. The average Bonchev–Trinajstić information content (AvgIpc) is 2.30. The second kappa shape index (κ2) is 6.69. The summed E-state index contributed by atoms with van der Waals surface area (Å²) in [6.07, 6.45) is 0. The van der Waals surface area contributed by atoms with Crippen LogP contribution in [0.3, 0.4) is 0 Å². The van der Waals surface area contributed by atoms with Crippen LogP contribution in [-0.2, 0) is 0 Å². The maximum atomic E-state index is 6.46. The summed E-state index contributed by atoms with van der Waals surface area (Å²) in [5, 5.41) is 0. The number of nitrogens with zero attached hydrogens (tertiary/aromatic N) is 1. The van der Waals surface area contributed by atoms with Crippen LogP contribution in [0.2, 0.25) is 14.8 Å². The van der Waals surface area contributed by atoms with E-state index in [0.717, 1.165) is 18.7 Å². The first-order valence-corrected chi connectivity index (χ1v) is 16.7. The monoisotopic (exact) mass is 349 g/mol. The SMILES string of the molecule is [B]C(=[C](c1ccccc1)[Sn]([CH3])([CH3])[CH3])N(CC)CC. The number of rotatable bonds is 5. The van der Waals surface area contributed by atoms with Gasteiger partial charge in [-0.05, 0) is 0 Å². The van der Waals surface area contributed by atoms with E-state index in [-0.39, 0.29) is 0 Å². The molecule has 1 aromatic carbocycles. The molecule has 1 rings (SSSR count). The van der Waals surface area contributed by atoms with Crippen LogP contribution in [0.5, 0.6) is 0 Å². The molecule has 96 valence electrons. The molecule has 3 heteroatoms. The molecule has 0 unspecified atom stereocenters. The fourth-order valence-electron chi connectivity index (χ4n) is 2.29. The summed E-state index contributed by atoms with van der Waals surface area (Å²) < 4.78 is 1.44. The van der Waals surface area contributed by atoms with E-state index in [1.165, 1.54) is 9.15 Å². The molecule has 0 atom stereocenters. The summed E-state index contributed by atoms with van der Waals surface area (Å²) in [6.45, 7) is 6.27. The van der Waals surface area contributed by atoms with Gasteiger partial charge in [0.25, 0.3) is 0 Å². The summed E-state index contributed by atoms with van der Waals surface area (Å²) in [4.78, 5) is 9.54. The summed E-state index contributed by atoms with van der Waals surface area (Å²) in [7, 11) is 6.46. The number of hydrogen-bond donors (Lipinski definition) is 0. The summed E-state index contributed by atoms with van der Waals surface area (Å²) >= 11 is -2.25. The Balaban J connectivity index is 3.35. The zero-order chi connectivity index (χ0) is 13.8. The molecule has 2 radical (unpaired) electrons. The molecule has 0 aliphatic heterocycles. The molecule has 1 aromatic rings. The van der Waals surface area contributed by atoms with E-state index in [9.17, 15) is 0 Å². The Kier molecular flexibility index (Phi) is 5.83. The molecular formula is C15H24BNSn. The Bertz CT molecular complexity index is 402. The van der Waals surface area contributed by atoms with Gasteiger partial charge in [0.15, 0.2) is 0 Å². The van der Waals surface area contributed by atoms with Crippen molar-refractivity contribution in [3.8, 4) is 0 Å². The number of hydrogen-bond acceptors (Lipinski definition) is 1. The van der Waals surface area contributed by atoms with Crippen LogP contribution < -0.4 is 0 Å². The standard InChI is InChI=1S/C12H15BN.3CH3.Sn/c1-3-14(4-2)12(13)10-11-8-6-5-7-9-11;;;;/h5-9H,3-4H2,1-2H3;3*1H3;. The molecule has 18 heavy (non-hydrogen) atoms. The quantitative estimate of drug-likeness (QED) is 0.733. The van der Waals surface area contributed by atoms with E-state index >= 15 is 0 Å². The van der Waals surface area contributed by atoms with Gasteiger partial charge in [0.1, 0.15) is 0 Å². The minimum absolute atomic E-state index is 0.973. The molecular weight excluding hydrogens is 324 g/mol. The molecule has 0 aromatic heterocycles. The third kappa shape index (κ3) is 3.81. The van der Waals surface area contributed by atoms with Gasteiger partial charge < -0.3 is 0 Å². The van der Waals surface area contributed by atoms with E-state index in [4.69, 9.17) is 7.85 Å². The second-order valence-corrected chi connectivity index (χ2v) is 19.8. The van der Waals surface area contributed by atoms with E-state index < -0.39 is 18.4 Å². The first-order chi connectivity index (χ1) is 8.41. The van der Waals surface area contributed by atoms with Crippen LogP contribution >= 0.6 is 0 Å². The van der Waals surface area contributed by atoms with Gasteiger partial charge in [-0.15, -0.1) is 0 Å². The molecule has 1 nitrogen and oxygen atoms in total. The molecule has 0 amide bonds. The molecule has 0 saturated carbocycles. The Morgan fingerprint density at radius 1 is 1.06 bits per heavy atom. The van der Waals surface area contributed by atoms with Gasteiger partial charge in [0.2, 0.25) is 0 Å². The minimum atomic E-state index is -2.25. The van der Waals surface area contributed by atoms with E-state index in [2.05, 4.69) is 63.9 Å². The van der Waals surface area contributed by atoms with Gasteiger partial charge in [-0.1, -0.05) is 0 Å². The summed E-state index contributed by atoms with van der Waals surface area (Å²) in [6, 6.07) is 10.6. The fourth-order valence-corrected chi connectivity index (χ4v) is 7.88. The predicted octanol–water partition coefficient (Wildman–Crippen LogP) is 3.74. The van der Waals surface area contributed by atoms with Crippen molar-refractivity contribution in [1.29, 1.82) is 0 Å². The van der Waals surface area contributed by atoms with Crippen LogP contribution in [0.25, 0.3) is 3.59 Å². The van der Waals surface area contributed by atoms with Gasteiger partial charge >= 0.3 is 118 Å². The van der Waals surface area contributed by atoms with Gasteiger partial charge in [-0.2, -0.15) is 0 Å². The summed E-state index contributed by atoms with van der Waals surface area (Å²) in [5.74, 6) is 0. The van der Waals surface area contributed by atoms with Gasteiger partial charge in [-0.25, -0.2) is 0 Å². The molecule has 0 bridgehead atoms. The average molecular weight is 348 g/mol. The van der Waals surface area contributed by atoms with Crippen molar-refractivity contribution in [2.75, 3.05) is 13.1 Å². The fraction of sp³-hybridized carbons (Fsp3) is 0.467. The van der Waals surface area contributed by atoms with E-state index in [1.54, 1.807) is 0 Å². The Hall–Kier alpha value is -0.376. The Morgan fingerprint density at radius 2 is 1.56 bits per heavy atom. The summed E-state index contributed by atoms with van der Waals surface area (Å²) in [5.41, 5.74) is 2.31. The first-order valence-electron chi connectivity index (χ1n) is 6.72. The van der Waals surface area contributed by atoms with E-state index in [0.29, 0.717) is 0 Å². The molecule has 0 spiro atoms. The Labute approximate surface area is 118 Å². The van der Waals surface area contributed by atoms with Crippen molar-refractivity contribution in [3.63, 3.8) is 0 Å². The van der Waals surface area contributed by atoms with Crippen LogP contribution in [0.1, 0.15) is 19.4 Å². The van der Waals surface area contributed by atoms with Crippen LogP contribution in [-0.4, -0.2) is 44.2 Å². The third-order valence-corrected chi connectivity index (χ3v) is 9.01. The van der Waals surface area contributed by atoms with Crippen molar-refractivity contribution in [1.82, 2.24) is 4.90 Å². The zero-order valence-corrected chi connectivity index (χ0v) is 15.2. The van der Waals surface area contributed by atoms with Gasteiger partial charge in [0.05, 0.1) is 0 Å². The van der Waals surface area contributed by atoms with Gasteiger partial charge in [0, 0.05) is 0 Å². The Morgan fingerprint density at radius 3 is 1.94 bits per heavy atom.